The molecule has 9 unspecified atom stereocenters. The highest BCUT2D eigenvalue weighted by Gasteiger charge is 2.72. The third-order valence-corrected chi connectivity index (χ3v) is 14.0. The predicted octanol–water partition coefficient (Wildman–Crippen LogP) is 7.67. The Morgan fingerprint density at radius 2 is 1.41 bits per heavy atom. The van der Waals surface area contributed by atoms with Gasteiger partial charge in [0.1, 0.15) is 6.10 Å². The van der Waals surface area contributed by atoms with Gasteiger partial charge in [-0.3, -0.25) is 14.4 Å². The fourth-order valence-electron chi connectivity index (χ4n) is 12.1. The lowest BCUT2D eigenvalue weighted by Gasteiger charge is -2.72. The van der Waals surface area contributed by atoms with E-state index in [4.69, 9.17) is 9.47 Å². The van der Waals surface area contributed by atoms with E-state index in [1.165, 1.54) is 25.3 Å². The topological polar surface area (TPSA) is 69.7 Å². The second kappa shape index (κ2) is 9.18. The van der Waals surface area contributed by atoms with Gasteiger partial charge in [0.15, 0.2) is 0 Å². The summed E-state index contributed by atoms with van der Waals surface area (Å²) in [4.78, 5) is 37.5. The molecule has 0 aromatic carbocycles. The summed E-state index contributed by atoms with van der Waals surface area (Å²) in [5, 5.41) is 0. The molecule has 0 N–H and O–H groups in total. The minimum atomic E-state index is -0.562. The highest BCUT2D eigenvalue weighted by Crippen LogP contribution is 2.77. The van der Waals surface area contributed by atoms with Crippen LogP contribution in [-0.2, 0) is 23.9 Å². The Hall–Kier alpha value is -1.65. The van der Waals surface area contributed by atoms with Crippen molar-refractivity contribution in [1.82, 2.24) is 0 Å². The predicted molar refractivity (Wildman–Crippen MR) is 151 cm³/mol. The van der Waals surface area contributed by atoms with Gasteiger partial charge in [0, 0.05) is 19.3 Å². The summed E-state index contributed by atoms with van der Waals surface area (Å²) in [5.74, 6) is 1.10. The first-order valence-corrected chi connectivity index (χ1v) is 15.6. The van der Waals surface area contributed by atoms with Crippen molar-refractivity contribution >= 4 is 17.9 Å². The fourth-order valence-corrected chi connectivity index (χ4v) is 12.1. The average molecular weight is 541 g/mol. The van der Waals surface area contributed by atoms with Crippen molar-refractivity contribution in [1.29, 1.82) is 0 Å². The fraction of sp³-hybridized carbons (Fsp3) is 0.853. The smallest absolute Gasteiger partial charge is 0.320 e. The second-order valence-electron chi connectivity index (χ2n) is 15.7. The van der Waals surface area contributed by atoms with Crippen molar-refractivity contribution in [2.75, 3.05) is 0 Å². The van der Waals surface area contributed by atoms with Crippen molar-refractivity contribution in [2.45, 2.75) is 126 Å². The van der Waals surface area contributed by atoms with Crippen molar-refractivity contribution in [2.24, 2.45) is 56.7 Å². The molecule has 0 radical (unpaired) electrons. The van der Waals surface area contributed by atoms with Crippen molar-refractivity contribution < 1.29 is 23.9 Å². The van der Waals surface area contributed by atoms with Crippen LogP contribution in [0.1, 0.15) is 120 Å². The lowest BCUT2D eigenvalue weighted by molar-refractivity contribution is -0.250. The summed E-state index contributed by atoms with van der Waals surface area (Å²) < 4.78 is 11.3. The van der Waals surface area contributed by atoms with Crippen LogP contribution in [0.15, 0.2) is 12.2 Å². The van der Waals surface area contributed by atoms with Crippen LogP contribution in [0.5, 0.6) is 0 Å². The molecule has 0 aromatic heterocycles. The van der Waals surface area contributed by atoms with Crippen LogP contribution in [0, 0.1) is 56.7 Å². The molecule has 5 nitrogen and oxygen atoms in total. The first kappa shape index (κ1) is 28.9. The van der Waals surface area contributed by atoms with E-state index in [1.807, 2.05) is 0 Å². The first-order valence-electron chi connectivity index (χ1n) is 15.6. The Morgan fingerprint density at radius 3 is 2.03 bits per heavy atom. The number of rotatable bonds is 3. The van der Waals surface area contributed by atoms with Crippen LogP contribution in [-0.4, -0.2) is 24.0 Å². The van der Waals surface area contributed by atoms with Gasteiger partial charge in [-0.05, 0) is 117 Å². The van der Waals surface area contributed by atoms with Gasteiger partial charge < -0.3 is 9.47 Å². The zero-order valence-electron chi connectivity index (χ0n) is 25.8. The maximum absolute atomic E-state index is 13.6. The minimum absolute atomic E-state index is 0.0123. The van der Waals surface area contributed by atoms with E-state index in [-0.39, 0.29) is 45.6 Å². The van der Waals surface area contributed by atoms with E-state index in [1.54, 1.807) is 6.92 Å². The van der Waals surface area contributed by atoms with Crippen LogP contribution >= 0.6 is 0 Å². The number of allylic oxidation sites excluding steroid dienone is 1. The number of carbonyl (C=O) groups excluding carboxylic acids is 3. The summed E-state index contributed by atoms with van der Waals surface area (Å²) in [6, 6.07) is 0. The van der Waals surface area contributed by atoms with Gasteiger partial charge >= 0.3 is 17.9 Å². The number of ether oxygens (including phenoxy) is 2. The molecular formula is C34H52O5. The third-order valence-electron chi connectivity index (χ3n) is 14.0. The van der Waals surface area contributed by atoms with E-state index in [0.717, 1.165) is 51.4 Å². The molecule has 5 saturated carbocycles. The van der Waals surface area contributed by atoms with E-state index in [0.29, 0.717) is 23.7 Å². The number of hydrogen-bond acceptors (Lipinski definition) is 5. The molecule has 218 valence electrons. The molecule has 0 saturated heterocycles. The molecule has 39 heavy (non-hydrogen) atoms. The molecule has 5 fully saturated rings. The van der Waals surface area contributed by atoms with Crippen molar-refractivity contribution in [3.05, 3.63) is 12.2 Å². The standard InChI is InChI=1S/C34H52O5/c1-20(2)23-12-17-34(29(37)39-22(4)36)19-18-32(8)24(28(23)34)10-11-26-31(7)15-14-27(38-21(3)35)30(5,6)25(31)13-16-33(26,32)9/h23-28H,1,10-19H2,2-9H3/t23?,24?,25?,26?,27?,28?,31?,32?,33?,34-/m0/s1. The largest absolute Gasteiger partial charge is 0.462 e. The van der Waals surface area contributed by atoms with Crippen LogP contribution in [0.4, 0.5) is 0 Å². The van der Waals surface area contributed by atoms with Crippen LogP contribution in [0.3, 0.4) is 0 Å². The number of carbonyl (C=O) groups is 3. The molecule has 5 rings (SSSR count). The van der Waals surface area contributed by atoms with Gasteiger partial charge in [0.2, 0.25) is 0 Å². The second-order valence-corrected chi connectivity index (χ2v) is 15.7. The molecule has 5 heteroatoms. The van der Waals surface area contributed by atoms with E-state index >= 15 is 0 Å². The quantitative estimate of drug-likeness (QED) is 0.209. The first-order chi connectivity index (χ1) is 18.0. The van der Waals surface area contributed by atoms with Gasteiger partial charge in [-0.25, -0.2) is 0 Å². The summed E-state index contributed by atoms with van der Waals surface area (Å²) in [6.07, 6.45) is 10.2. The molecule has 0 spiro atoms. The Morgan fingerprint density at radius 1 is 0.718 bits per heavy atom. The van der Waals surface area contributed by atoms with Crippen LogP contribution in [0.25, 0.3) is 0 Å². The van der Waals surface area contributed by atoms with E-state index in [9.17, 15) is 14.4 Å². The maximum Gasteiger partial charge on any atom is 0.320 e. The van der Waals surface area contributed by atoms with Gasteiger partial charge in [-0.15, -0.1) is 0 Å². The van der Waals surface area contributed by atoms with Gasteiger partial charge in [-0.2, -0.15) is 0 Å². The minimum Gasteiger partial charge on any atom is -0.462 e. The molecule has 0 bridgehead atoms. The van der Waals surface area contributed by atoms with Gasteiger partial charge in [0.25, 0.3) is 0 Å². The summed E-state index contributed by atoms with van der Waals surface area (Å²) in [5.41, 5.74) is 1.05. The lowest BCUT2D eigenvalue weighted by Crippen LogP contribution is -2.67. The zero-order chi connectivity index (χ0) is 28.8. The van der Waals surface area contributed by atoms with E-state index < -0.39 is 11.4 Å². The zero-order valence-corrected chi connectivity index (χ0v) is 25.8. The van der Waals surface area contributed by atoms with Gasteiger partial charge in [-0.1, -0.05) is 46.8 Å². The van der Waals surface area contributed by atoms with Gasteiger partial charge in [0.05, 0.1) is 5.41 Å². The summed E-state index contributed by atoms with van der Waals surface area (Å²) in [7, 11) is 0. The summed E-state index contributed by atoms with van der Waals surface area (Å²) in [6.45, 7) is 21.8. The summed E-state index contributed by atoms with van der Waals surface area (Å²) >= 11 is 0. The molecule has 0 amide bonds. The number of hydrogen-bond donors (Lipinski definition) is 0. The Labute approximate surface area is 236 Å². The molecule has 10 atom stereocenters. The Kier molecular flexibility index (Phi) is 6.79. The molecule has 5 aliphatic carbocycles. The third kappa shape index (κ3) is 3.86. The Bertz CT molecular complexity index is 1080. The monoisotopic (exact) mass is 540 g/mol. The number of fused-ring (bicyclic) bond motifs is 7. The SMILES string of the molecule is C=C(C)C1CC[C@]2(C(=O)OC(C)=O)CCC3(C)C(CCC4C5(C)CCC(OC(C)=O)C(C)(C)C5CCC43C)C12. The average Bonchev–Trinajstić information content (AvgIpc) is 3.22. The molecule has 0 aromatic rings. The normalized spacial score (nSPS) is 48.0. The Balaban J connectivity index is 1.52. The number of esters is 3. The molecule has 5 aliphatic rings. The molecule has 0 heterocycles. The highest BCUT2D eigenvalue weighted by molar-refractivity contribution is 5.88. The van der Waals surface area contributed by atoms with Crippen LogP contribution < -0.4 is 0 Å². The van der Waals surface area contributed by atoms with Crippen molar-refractivity contribution in [3.8, 4) is 0 Å². The maximum atomic E-state index is 13.6. The lowest BCUT2D eigenvalue weighted by atomic mass is 9.32. The molecule has 0 aliphatic heterocycles. The highest BCUT2D eigenvalue weighted by atomic mass is 16.6. The van der Waals surface area contributed by atoms with Crippen molar-refractivity contribution in [3.63, 3.8) is 0 Å². The van der Waals surface area contributed by atoms with E-state index in [2.05, 4.69) is 48.1 Å². The molecular weight excluding hydrogens is 488 g/mol. The van der Waals surface area contributed by atoms with Crippen LogP contribution in [0.2, 0.25) is 0 Å².